The molecule has 0 spiro atoms. The van der Waals surface area contributed by atoms with Crippen molar-refractivity contribution in [2.24, 2.45) is 0 Å². The molecule has 0 radical (unpaired) electrons. The first-order valence-electron chi connectivity index (χ1n) is 11.2. The molecule has 1 aromatic heterocycles. The minimum atomic E-state index is -0.808. The number of rotatable bonds is 12. The number of H-pyrrole nitrogens is 1. The van der Waals surface area contributed by atoms with Gasteiger partial charge < -0.3 is 14.8 Å². The highest BCUT2D eigenvalue weighted by atomic mass is 16.5. The number of aryl methyl sites for hydroxylation is 2. The minimum absolute atomic E-state index is 0.0497. The normalized spacial score (nSPS) is 11.1. The van der Waals surface area contributed by atoms with Crippen LogP contribution in [0.15, 0.2) is 42.5 Å². The Kier molecular flexibility index (Phi) is 7.95. The molecule has 0 aliphatic carbocycles. The Bertz CT molecular complexity index is 974. The number of nitrogens with one attached hydrogen (secondary N) is 1. The van der Waals surface area contributed by atoms with Crippen molar-refractivity contribution in [3.63, 3.8) is 0 Å². The SMILES string of the molecule is CCCCCc1ccc(OCCc2cc3cc(CC(=O)O)ccc3[nH]2)cc1CCC. The number of unbranched alkanes of at least 4 members (excludes halogenated alkanes) is 2. The smallest absolute Gasteiger partial charge is 0.307 e. The van der Waals surface area contributed by atoms with Gasteiger partial charge in [0.15, 0.2) is 0 Å². The van der Waals surface area contributed by atoms with E-state index in [9.17, 15) is 4.79 Å². The summed E-state index contributed by atoms with van der Waals surface area (Å²) in [5, 5.41) is 10.0. The van der Waals surface area contributed by atoms with Gasteiger partial charge in [0.2, 0.25) is 0 Å². The van der Waals surface area contributed by atoms with Crippen LogP contribution in [0.3, 0.4) is 0 Å². The first-order valence-corrected chi connectivity index (χ1v) is 11.2. The number of benzene rings is 2. The van der Waals surface area contributed by atoms with E-state index in [2.05, 4.69) is 43.1 Å². The van der Waals surface area contributed by atoms with Crippen LogP contribution in [0.1, 0.15) is 61.9 Å². The molecular formula is C26H33NO3. The van der Waals surface area contributed by atoms with E-state index in [-0.39, 0.29) is 6.42 Å². The Morgan fingerprint density at radius 3 is 2.57 bits per heavy atom. The van der Waals surface area contributed by atoms with E-state index in [0.29, 0.717) is 6.61 Å². The van der Waals surface area contributed by atoms with E-state index in [1.165, 1.54) is 30.4 Å². The van der Waals surface area contributed by atoms with Crippen LogP contribution >= 0.6 is 0 Å². The van der Waals surface area contributed by atoms with Crippen LogP contribution in [-0.4, -0.2) is 22.7 Å². The van der Waals surface area contributed by atoms with Gasteiger partial charge in [0.05, 0.1) is 13.0 Å². The summed E-state index contributed by atoms with van der Waals surface area (Å²) >= 11 is 0. The van der Waals surface area contributed by atoms with Crippen LogP contribution in [0.2, 0.25) is 0 Å². The maximum Gasteiger partial charge on any atom is 0.307 e. The number of carboxylic acid groups (broad SMARTS) is 1. The number of ether oxygens (including phenoxy) is 1. The van der Waals surface area contributed by atoms with Crippen molar-refractivity contribution in [2.45, 2.75) is 65.2 Å². The van der Waals surface area contributed by atoms with Crippen molar-refractivity contribution in [3.8, 4) is 5.75 Å². The lowest BCUT2D eigenvalue weighted by Gasteiger charge is -2.12. The predicted octanol–water partition coefficient (Wildman–Crippen LogP) is 6.10. The average molecular weight is 408 g/mol. The Morgan fingerprint density at radius 1 is 0.933 bits per heavy atom. The lowest BCUT2D eigenvalue weighted by atomic mass is 9.98. The standard InChI is InChI=1S/C26H33NO3/c1-3-5-6-8-20-10-11-24(18-21(20)7-4-2)30-14-13-23-17-22-15-19(16-26(28)29)9-12-25(22)27-23/h9-12,15,17-18,27H,3-8,13-14,16H2,1-2H3,(H,28,29). The van der Waals surface area contributed by atoms with E-state index >= 15 is 0 Å². The fourth-order valence-electron chi connectivity index (χ4n) is 3.94. The van der Waals surface area contributed by atoms with Crippen molar-refractivity contribution >= 4 is 16.9 Å². The third-order valence-corrected chi connectivity index (χ3v) is 5.48. The van der Waals surface area contributed by atoms with Crippen LogP contribution in [-0.2, 0) is 30.5 Å². The van der Waals surface area contributed by atoms with E-state index in [4.69, 9.17) is 9.84 Å². The lowest BCUT2D eigenvalue weighted by molar-refractivity contribution is -0.136. The molecule has 160 valence electrons. The Morgan fingerprint density at radius 2 is 1.80 bits per heavy atom. The molecule has 0 fully saturated rings. The molecule has 1 heterocycles. The molecule has 0 saturated carbocycles. The summed E-state index contributed by atoms with van der Waals surface area (Å²) in [4.78, 5) is 14.3. The van der Waals surface area contributed by atoms with Gasteiger partial charge in [0.25, 0.3) is 0 Å². The first-order chi connectivity index (χ1) is 14.6. The van der Waals surface area contributed by atoms with Crippen LogP contribution in [0.25, 0.3) is 10.9 Å². The summed E-state index contributed by atoms with van der Waals surface area (Å²) in [5.74, 6) is 0.134. The molecular weight excluding hydrogens is 374 g/mol. The lowest BCUT2D eigenvalue weighted by Crippen LogP contribution is -2.03. The summed E-state index contributed by atoms with van der Waals surface area (Å²) in [6, 6.07) is 14.4. The maximum absolute atomic E-state index is 10.9. The molecule has 0 saturated heterocycles. The number of carbonyl (C=O) groups is 1. The molecule has 4 heteroatoms. The summed E-state index contributed by atoms with van der Waals surface area (Å²) in [6.45, 7) is 5.07. The average Bonchev–Trinajstić information content (AvgIpc) is 3.11. The van der Waals surface area contributed by atoms with Crippen molar-refractivity contribution in [1.82, 2.24) is 4.98 Å². The summed E-state index contributed by atoms with van der Waals surface area (Å²) in [5.41, 5.74) is 5.83. The second-order valence-electron chi connectivity index (χ2n) is 8.02. The number of carboxylic acids is 1. The molecule has 4 nitrogen and oxygen atoms in total. The van der Waals surface area contributed by atoms with Crippen molar-refractivity contribution in [2.75, 3.05) is 6.61 Å². The molecule has 0 bridgehead atoms. The van der Waals surface area contributed by atoms with Gasteiger partial charge in [0.1, 0.15) is 5.75 Å². The zero-order chi connectivity index (χ0) is 21.3. The van der Waals surface area contributed by atoms with Gasteiger partial charge in [-0.25, -0.2) is 0 Å². The zero-order valence-corrected chi connectivity index (χ0v) is 18.2. The molecule has 3 aromatic rings. The molecule has 3 rings (SSSR count). The highest BCUT2D eigenvalue weighted by molar-refractivity contribution is 5.82. The number of aromatic amines is 1. The molecule has 30 heavy (non-hydrogen) atoms. The third kappa shape index (κ3) is 6.12. The van der Waals surface area contributed by atoms with Crippen LogP contribution in [0, 0.1) is 0 Å². The number of aliphatic carboxylic acids is 1. The van der Waals surface area contributed by atoms with Crippen molar-refractivity contribution in [3.05, 3.63) is 64.8 Å². The molecule has 0 aliphatic heterocycles. The predicted molar refractivity (Wildman–Crippen MR) is 123 cm³/mol. The van der Waals surface area contributed by atoms with E-state index in [1.807, 2.05) is 18.2 Å². The second-order valence-corrected chi connectivity index (χ2v) is 8.02. The first kappa shape index (κ1) is 21.9. The van der Waals surface area contributed by atoms with Crippen LogP contribution in [0.5, 0.6) is 5.75 Å². The van der Waals surface area contributed by atoms with E-state index in [1.54, 1.807) is 0 Å². The molecule has 2 aromatic carbocycles. The zero-order valence-electron chi connectivity index (χ0n) is 18.2. The molecule has 0 aliphatic rings. The number of fused-ring (bicyclic) bond motifs is 1. The fourth-order valence-corrected chi connectivity index (χ4v) is 3.94. The Balaban J connectivity index is 1.59. The maximum atomic E-state index is 10.9. The van der Waals surface area contributed by atoms with Gasteiger partial charge in [0, 0.05) is 17.6 Å². The van der Waals surface area contributed by atoms with Crippen molar-refractivity contribution in [1.29, 1.82) is 0 Å². The van der Waals surface area contributed by atoms with Crippen molar-refractivity contribution < 1.29 is 14.6 Å². The van der Waals surface area contributed by atoms with E-state index in [0.717, 1.165) is 53.6 Å². The molecule has 0 unspecified atom stereocenters. The van der Waals surface area contributed by atoms with Gasteiger partial charge in [-0.3, -0.25) is 4.79 Å². The van der Waals surface area contributed by atoms with Crippen LogP contribution in [0.4, 0.5) is 0 Å². The van der Waals surface area contributed by atoms with Gasteiger partial charge in [-0.15, -0.1) is 0 Å². The van der Waals surface area contributed by atoms with Gasteiger partial charge in [-0.05, 0) is 71.7 Å². The monoisotopic (exact) mass is 407 g/mol. The number of hydrogen-bond donors (Lipinski definition) is 2. The van der Waals surface area contributed by atoms with Gasteiger partial charge >= 0.3 is 5.97 Å². The highest BCUT2D eigenvalue weighted by Gasteiger charge is 2.07. The minimum Gasteiger partial charge on any atom is -0.493 e. The van der Waals surface area contributed by atoms with Crippen LogP contribution < -0.4 is 4.74 Å². The largest absolute Gasteiger partial charge is 0.493 e. The van der Waals surface area contributed by atoms with Gasteiger partial charge in [-0.2, -0.15) is 0 Å². The van der Waals surface area contributed by atoms with Gasteiger partial charge in [-0.1, -0.05) is 45.2 Å². The number of hydrogen-bond acceptors (Lipinski definition) is 2. The highest BCUT2D eigenvalue weighted by Crippen LogP contribution is 2.22. The summed E-state index contributed by atoms with van der Waals surface area (Å²) < 4.78 is 6.05. The summed E-state index contributed by atoms with van der Waals surface area (Å²) in [6.07, 6.45) is 8.01. The Labute approximate surface area is 179 Å². The fraction of sp³-hybridized carbons (Fsp3) is 0.423. The topological polar surface area (TPSA) is 62.3 Å². The number of aromatic nitrogens is 1. The molecule has 0 amide bonds. The third-order valence-electron chi connectivity index (χ3n) is 5.48. The summed E-state index contributed by atoms with van der Waals surface area (Å²) in [7, 11) is 0. The Hall–Kier alpha value is -2.75. The second kappa shape index (κ2) is 10.9. The quantitative estimate of drug-likeness (QED) is 0.357. The van der Waals surface area contributed by atoms with E-state index < -0.39 is 5.97 Å². The molecule has 0 atom stereocenters. The molecule has 2 N–H and O–H groups in total.